The summed E-state index contributed by atoms with van der Waals surface area (Å²) >= 11 is 0. The van der Waals surface area contributed by atoms with Gasteiger partial charge in [0.15, 0.2) is 0 Å². The largest absolute Gasteiger partial charge is 0.322 e. The van der Waals surface area contributed by atoms with Gasteiger partial charge in [0.25, 0.3) is 0 Å². The molecule has 62 valence electrons. The number of H-pyrrole nitrogens is 1. The van der Waals surface area contributed by atoms with Crippen LogP contribution in [0.1, 0.15) is 11.3 Å². The molecule has 0 amide bonds. The van der Waals surface area contributed by atoms with Gasteiger partial charge in [-0.3, -0.25) is 9.79 Å². The molecule has 12 heavy (non-hydrogen) atoms. The third-order valence-corrected chi connectivity index (χ3v) is 1.51. The second kappa shape index (κ2) is 3.67. The molecule has 0 saturated heterocycles. The molecule has 0 bridgehead atoms. The van der Waals surface area contributed by atoms with Crippen LogP contribution in [0.5, 0.6) is 0 Å². The van der Waals surface area contributed by atoms with Crippen molar-refractivity contribution in [1.82, 2.24) is 4.98 Å². The van der Waals surface area contributed by atoms with E-state index < -0.39 is 0 Å². The van der Waals surface area contributed by atoms with Crippen molar-refractivity contribution in [2.24, 2.45) is 4.99 Å². The fourth-order valence-electron chi connectivity index (χ4n) is 0.864. The Kier molecular flexibility index (Phi) is 2.58. The van der Waals surface area contributed by atoms with E-state index in [0.717, 1.165) is 11.3 Å². The molecule has 0 saturated carbocycles. The highest BCUT2D eigenvalue weighted by Gasteiger charge is 1.92. The first-order chi connectivity index (χ1) is 5.74. The van der Waals surface area contributed by atoms with Crippen LogP contribution in [0.25, 0.3) is 6.08 Å². The summed E-state index contributed by atoms with van der Waals surface area (Å²) in [4.78, 5) is 17.1. The van der Waals surface area contributed by atoms with Gasteiger partial charge in [0, 0.05) is 18.0 Å². The van der Waals surface area contributed by atoms with Gasteiger partial charge >= 0.3 is 0 Å². The molecule has 0 atom stereocenters. The maximum Gasteiger partial charge on any atom is 0.248 e. The highest BCUT2D eigenvalue weighted by molar-refractivity contribution is 5.49. The van der Waals surface area contributed by atoms with Crippen LogP contribution in [0, 0.1) is 6.92 Å². The first kappa shape index (κ1) is 8.46. The molecule has 0 unspecified atom stereocenters. The van der Waals surface area contributed by atoms with Gasteiger partial charge in [-0.2, -0.15) is 0 Å². The molecule has 3 heteroatoms. The monoisotopic (exact) mass is 162 g/mol. The average molecular weight is 162 g/mol. The smallest absolute Gasteiger partial charge is 0.248 e. The zero-order valence-corrected chi connectivity index (χ0v) is 6.87. The Balaban J connectivity index is 3.13. The molecule has 1 heterocycles. The number of aliphatic imine (C=N–C) groups is 1. The molecular formula is C9H10N2O. The zero-order valence-electron chi connectivity index (χ0n) is 6.87. The molecule has 0 radical (unpaired) electrons. The van der Waals surface area contributed by atoms with E-state index in [2.05, 4.69) is 16.7 Å². The number of pyridine rings is 1. The van der Waals surface area contributed by atoms with Crippen LogP contribution < -0.4 is 5.56 Å². The SMILES string of the molecule is C=N/C=C\c1[nH]c(=O)ccc1C. The van der Waals surface area contributed by atoms with Crippen molar-refractivity contribution < 1.29 is 0 Å². The van der Waals surface area contributed by atoms with Crippen LogP contribution in [0.4, 0.5) is 0 Å². The Morgan fingerprint density at radius 1 is 1.58 bits per heavy atom. The number of hydrogen-bond donors (Lipinski definition) is 1. The number of nitrogens with zero attached hydrogens (tertiary/aromatic N) is 1. The van der Waals surface area contributed by atoms with Crippen LogP contribution in [0.3, 0.4) is 0 Å². The molecule has 1 aromatic rings. The van der Waals surface area contributed by atoms with Gasteiger partial charge in [-0.05, 0) is 25.3 Å². The van der Waals surface area contributed by atoms with Crippen molar-refractivity contribution in [2.45, 2.75) is 6.92 Å². The number of aromatic nitrogens is 1. The molecule has 1 aromatic heterocycles. The van der Waals surface area contributed by atoms with Crippen LogP contribution in [-0.2, 0) is 0 Å². The molecule has 1 N–H and O–H groups in total. The molecule has 0 aliphatic carbocycles. The minimum atomic E-state index is -0.107. The molecule has 0 aliphatic rings. The van der Waals surface area contributed by atoms with Crippen molar-refractivity contribution >= 4 is 12.8 Å². The Bertz CT molecular complexity index is 363. The first-order valence-corrected chi connectivity index (χ1v) is 3.56. The van der Waals surface area contributed by atoms with Gasteiger partial charge < -0.3 is 4.98 Å². The quantitative estimate of drug-likeness (QED) is 0.655. The summed E-state index contributed by atoms with van der Waals surface area (Å²) in [5, 5.41) is 0. The van der Waals surface area contributed by atoms with Crippen LogP contribution in [-0.4, -0.2) is 11.7 Å². The predicted molar refractivity (Wildman–Crippen MR) is 50.4 cm³/mol. The Morgan fingerprint density at radius 3 is 3.00 bits per heavy atom. The lowest BCUT2D eigenvalue weighted by Gasteiger charge is -1.96. The summed E-state index contributed by atoms with van der Waals surface area (Å²) in [7, 11) is 0. The second-order valence-corrected chi connectivity index (χ2v) is 2.42. The molecular weight excluding hydrogens is 152 g/mol. The van der Waals surface area contributed by atoms with E-state index in [1.807, 2.05) is 6.92 Å². The summed E-state index contributed by atoms with van der Waals surface area (Å²) in [6.45, 7) is 5.21. The second-order valence-electron chi connectivity index (χ2n) is 2.42. The minimum absolute atomic E-state index is 0.107. The fraction of sp³-hybridized carbons (Fsp3) is 0.111. The number of rotatable bonds is 2. The Labute approximate surface area is 70.5 Å². The highest BCUT2D eigenvalue weighted by atomic mass is 16.1. The maximum absolute atomic E-state index is 10.9. The number of aryl methyl sites for hydroxylation is 1. The average Bonchev–Trinajstić information content (AvgIpc) is 2.07. The Hall–Kier alpha value is -1.64. The van der Waals surface area contributed by atoms with Gasteiger partial charge in [-0.25, -0.2) is 0 Å². The summed E-state index contributed by atoms with van der Waals surface area (Å²) in [5.74, 6) is 0. The lowest BCUT2D eigenvalue weighted by Crippen LogP contribution is -2.05. The molecule has 3 nitrogen and oxygen atoms in total. The normalized spacial score (nSPS) is 10.4. The van der Waals surface area contributed by atoms with Gasteiger partial charge in [0.1, 0.15) is 0 Å². The first-order valence-electron chi connectivity index (χ1n) is 3.56. The number of aromatic amines is 1. The lowest BCUT2D eigenvalue weighted by molar-refractivity contribution is 1.17. The van der Waals surface area contributed by atoms with E-state index in [9.17, 15) is 4.79 Å². The van der Waals surface area contributed by atoms with E-state index in [0.29, 0.717) is 0 Å². The van der Waals surface area contributed by atoms with Crippen molar-refractivity contribution in [3.63, 3.8) is 0 Å². The van der Waals surface area contributed by atoms with Crippen LogP contribution in [0.15, 0.2) is 28.1 Å². The van der Waals surface area contributed by atoms with Gasteiger partial charge in [-0.1, -0.05) is 6.07 Å². The fourth-order valence-corrected chi connectivity index (χ4v) is 0.864. The maximum atomic E-state index is 10.9. The Morgan fingerprint density at radius 2 is 2.33 bits per heavy atom. The van der Waals surface area contributed by atoms with Gasteiger partial charge in [-0.15, -0.1) is 0 Å². The number of hydrogen-bond acceptors (Lipinski definition) is 2. The van der Waals surface area contributed by atoms with E-state index >= 15 is 0 Å². The summed E-state index contributed by atoms with van der Waals surface area (Å²) in [5.41, 5.74) is 1.67. The minimum Gasteiger partial charge on any atom is -0.322 e. The third kappa shape index (κ3) is 1.92. The van der Waals surface area contributed by atoms with Crippen LogP contribution in [0.2, 0.25) is 0 Å². The van der Waals surface area contributed by atoms with E-state index in [4.69, 9.17) is 0 Å². The van der Waals surface area contributed by atoms with Crippen molar-refractivity contribution in [2.75, 3.05) is 0 Å². The summed E-state index contributed by atoms with van der Waals surface area (Å²) in [6.07, 6.45) is 3.25. The highest BCUT2D eigenvalue weighted by Crippen LogP contribution is 2.02. The molecule has 0 aliphatic heterocycles. The zero-order chi connectivity index (χ0) is 8.97. The predicted octanol–water partition coefficient (Wildman–Crippen LogP) is 1.35. The summed E-state index contributed by atoms with van der Waals surface area (Å²) < 4.78 is 0. The van der Waals surface area contributed by atoms with E-state index in [1.165, 1.54) is 12.3 Å². The van der Waals surface area contributed by atoms with Gasteiger partial charge in [0.2, 0.25) is 5.56 Å². The van der Waals surface area contributed by atoms with Crippen molar-refractivity contribution in [3.8, 4) is 0 Å². The molecule has 0 spiro atoms. The third-order valence-electron chi connectivity index (χ3n) is 1.51. The summed E-state index contributed by atoms with van der Waals surface area (Å²) in [6, 6.07) is 3.26. The van der Waals surface area contributed by atoms with Crippen molar-refractivity contribution in [1.29, 1.82) is 0 Å². The lowest BCUT2D eigenvalue weighted by atomic mass is 10.2. The number of nitrogens with one attached hydrogen (secondary N) is 1. The topological polar surface area (TPSA) is 45.2 Å². The molecule has 0 aromatic carbocycles. The van der Waals surface area contributed by atoms with E-state index in [-0.39, 0.29) is 5.56 Å². The molecule has 1 rings (SSSR count). The van der Waals surface area contributed by atoms with Gasteiger partial charge in [0.05, 0.1) is 0 Å². The van der Waals surface area contributed by atoms with Crippen LogP contribution >= 0.6 is 0 Å². The van der Waals surface area contributed by atoms with Crippen molar-refractivity contribution in [3.05, 3.63) is 39.9 Å². The molecule has 0 fully saturated rings. The van der Waals surface area contributed by atoms with E-state index in [1.54, 1.807) is 12.1 Å². The standard InChI is InChI=1S/C9H10N2O/c1-7-3-4-9(12)11-8(7)5-6-10-2/h3-6H,2H2,1H3,(H,11,12)/b6-5-.